The molecule has 0 spiro atoms. The summed E-state index contributed by atoms with van der Waals surface area (Å²) in [5.41, 5.74) is 6.27. The number of nitrogens with one attached hydrogen (secondary N) is 1. The Bertz CT molecular complexity index is 794. The van der Waals surface area contributed by atoms with Gasteiger partial charge in [0.15, 0.2) is 0 Å². The lowest BCUT2D eigenvalue weighted by molar-refractivity contribution is 0.462. The van der Waals surface area contributed by atoms with Crippen LogP contribution in [0.15, 0.2) is 42.9 Å². The third-order valence-electron chi connectivity index (χ3n) is 4.86. The monoisotopic (exact) mass is 306 g/mol. The average molecular weight is 306 g/mol. The molecule has 4 rings (SSSR count). The Morgan fingerprint density at radius 1 is 1.17 bits per heavy atom. The first-order valence-electron chi connectivity index (χ1n) is 8.36. The molecule has 1 atom stereocenters. The molecule has 0 bridgehead atoms. The summed E-state index contributed by atoms with van der Waals surface area (Å²) in [7, 11) is 2.03. The number of nitrogens with zero attached hydrogens (tertiary/aromatic N) is 3. The van der Waals surface area contributed by atoms with E-state index in [1.54, 1.807) is 0 Å². The van der Waals surface area contributed by atoms with E-state index in [1.807, 2.05) is 19.6 Å². The molecular weight excluding hydrogens is 284 g/mol. The summed E-state index contributed by atoms with van der Waals surface area (Å²) in [6, 6.07) is 11.4. The molecule has 0 amide bonds. The van der Waals surface area contributed by atoms with Crippen molar-refractivity contribution in [3.63, 3.8) is 0 Å². The summed E-state index contributed by atoms with van der Waals surface area (Å²) in [6.45, 7) is 0.904. The zero-order valence-electron chi connectivity index (χ0n) is 13.5. The van der Waals surface area contributed by atoms with Gasteiger partial charge in [-0.1, -0.05) is 12.1 Å². The Balaban J connectivity index is 1.40. The van der Waals surface area contributed by atoms with Gasteiger partial charge < -0.3 is 9.88 Å². The molecule has 0 fully saturated rings. The van der Waals surface area contributed by atoms with Gasteiger partial charge in [-0.05, 0) is 55.0 Å². The molecule has 1 N–H and O–H groups in total. The first kappa shape index (κ1) is 14.4. The molecule has 3 aromatic rings. The van der Waals surface area contributed by atoms with Crippen molar-refractivity contribution < 1.29 is 0 Å². The van der Waals surface area contributed by atoms with E-state index in [4.69, 9.17) is 0 Å². The number of imidazole rings is 1. The number of rotatable bonds is 3. The second kappa shape index (κ2) is 6.13. The highest BCUT2D eigenvalue weighted by molar-refractivity contribution is 5.75. The topological polar surface area (TPSA) is 42.7 Å². The minimum absolute atomic E-state index is 0.559. The molecule has 23 heavy (non-hydrogen) atoms. The van der Waals surface area contributed by atoms with Gasteiger partial charge in [0.1, 0.15) is 0 Å². The SMILES string of the molecule is Cn1cnc2cc(CNC3CCc4cccnc4CC3)ccc21. The molecule has 1 aromatic carbocycles. The number of hydrogen-bond acceptors (Lipinski definition) is 3. The molecule has 0 radical (unpaired) electrons. The van der Waals surface area contributed by atoms with Crippen molar-refractivity contribution in [1.29, 1.82) is 0 Å². The van der Waals surface area contributed by atoms with Crippen molar-refractivity contribution in [1.82, 2.24) is 19.9 Å². The zero-order chi connectivity index (χ0) is 15.6. The Kier molecular flexibility index (Phi) is 3.83. The van der Waals surface area contributed by atoms with Crippen LogP contribution in [-0.4, -0.2) is 20.6 Å². The summed E-state index contributed by atoms with van der Waals surface area (Å²) < 4.78 is 2.06. The first-order valence-corrected chi connectivity index (χ1v) is 8.36. The molecule has 1 aliphatic rings. The minimum Gasteiger partial charge on any atom is -0.334 e. The van der Waals surface area contributed by atoms with Crippen LogP contribution in [0.4, 0.5) is 0 Å². The molecule has 0 saturated heterocycles. The zero-order valence-corrected chi connectivity index (χ0v) is 13.5. The van der Waals surface area contributed by atoms with Crippen LogP contribution >= 0.6 is 0 Å². The molecule has 4 nitrogen and oxygen atoms in total. The maximum Gasteiger partial charge on any atom is 0.0955 e. The molecule has 2 heterocycles. The molecule has 1 aliphatic carbocycles. The Labute approximate surface area is 136 Å². The largest absolute Gasteiger partial charge is 0.334 e. The van der Waals surface area contributed by atoms with Crippen LogP contribution in [0.1, 0.15) is 29.7 Å². The predicted molar refractivity (Wildman–Crippen MR) is 92.2 cm³/mol. The molecule has 2 aromatic heterocycles. The average Bonchev–Trinajstić information content (AvgIpc) is 2.82. The standard InChI is InChI=1S/C19H22N4/c1-23-13-22-18-11-14(4-9-19(18)23)12-21-16-6-5-15-3-2-10-20-17(15)8-7-16/h2-4,9-11,13,16,21H,5-8,12H2,1H3. The molecule has 0 saturated carbocycles. The van der Waals surface area contributed by atoms with E-state index in [2.05, 4.69) is 50.2 Å². The van der Waals surface area contributed by atoms with Gasteiger partial charge in [-0.2, -0.15) is 0 Å². The third kappa shape index (κ3) is 2.99. The van der Waals surface area contributed by atoms with Crippen LogP contribution in [0.3, 0.4) is 0 Å². The molecule has 0 aliphatic heterocycles. The van der Waals surface area contributed by atoms with Crippen LogP contribution in [0.5, 0.6) is 0 Å². The number of benzene rings is 1. The second-order valence-electron chi connectivity index (χ2n) is 6.44. The van der Waals surface area contributed by atoms with Crippen molar-refractivity contribution in [2.24, 2.45) is 7.05 Å². The normalized spacial score (nSPS) is 17.9. The van der Waals surface area contributed by atoms with Gasteiger partial charge >= 0.3 is 0 Å². The summed E-state index contributed by atoms with van der Waals surface area (Å²) >= 11 is 0. The lowest BCUT2D eigenvalue weighted by Crippen LogP contribution is -2.28. The summed E-state index contributed by atoms with van der Waals surface area (Å²) in [4.78, 5) is 8.97. The number of hydrogen-bond donors (Lipinski definition) is 1. The second-order valence-corrected chi connectivity index (χ2v) is 6.44. The lowest BCUT2D eigenvalue weighted by atomic mass is 10.1. The fourth-order valence-corrected chi connectivity index (χ4v) is 3.47. The molecule has 118 valence electrons. The number of fused-ring (bicyclic) bond motifs is 2. The van der Waals surface area contributed by atoms with Crippen molar-refractivity contribution in [3.05, 3.63) is 59.7 Å². The maximum absolute atomic E-state index is 4.53. The van der Waals surface area contributed by atoms with Gasteiger partial charge in [-0.3, -0.25) is 4.98 Å². The van der Waals surface area contributed by atoms with Crippen molar-refractivity contribution in [2.75, 3.05) is 0 Å². The number of pyridine rings is 1. The first-order chi connectivity index (χ1) is 11.3. The number of aryl methyl sites for hydroxylation is 3. The van der Waals surface area contributed by atoms with Crippen LogP contribution < -0.4 is 5.32 Å². The van der Waals surface area contributed by atoms with Gasteiger partial charge in [0.2, 0.25) is 0 Å². The van der Waals surface area contributed by atoms with Crippen LogP contribution in [0.2, 0.25) is 0 Å². The van der Waals surface area contributed by atoms with Crippen molar-refractivity contribution >= 4 is 11.0 Å². The van der Waals surface area contributed by atoms with Crippen LogP contribution in [0.25, 0.3) is 11.0 Å². The van der Waals surface area contributed by atoms with Gasteiger partial charge in [0.05, 0.1) is 17.4 Å². The van der Waals surface area contributed by atoms with E-state index in [0.29, 0.717) is 6.04 Å². The van der Waals surface area contributed by atoms with Crippen LogP contribution in [0, 0.1) is 0 Å². The molecule has 4 heteroatoms. The smallest absolute Gasteiger partial charge is 0.0955 e. The van der Waals surface area contributed by atoms with E-state index >= 15 is 0 Å². The number of aromatic nitrogens is 3. The molecular formula is C19H22N4. The molecule has 1 unspecified atom stereocenters. The van der Waals surface area contributed by atoms with E-state index < -0.39 is 0 Å². The Morgan fingerprint density at radius 2 is 2.09 bits per heavy atom. The highest BCUT2D eigenvalue weighted by atomic mass is 15.0. The van der Waals surface area contributed by atoms with E-state index in [9.17, 15) is 0 Å². The fraction of sp³-hybridized carbons (Fsp3) is 0.368. The van der Waals surface area contributed by atoms with Gasteiger partial charge in [0, 0.05) is 31.5 Å². The third-order valence-corrected chi connectivity index (χ3v) is 4.86. The quantitative estimate of drug-likeness (QED) is 0.756. The maximum atomic E-state index is 4.53. The van der Waals surface area contributed by atoms with Gasteiger partial charge in [-0.15, -0.1) is 0 Å². The highest BCUT2D eigenvalue weighted by Crippen LogP contribution is 2.19. The summed E-state index contributed by atoms with van der Waals surface area (Å²) in [5.74, 6) is 0. The lowest BCUT2D eigenvalue weighted by Gasteiger charge is -2.16. The highest BCUT2D eigenvalue weighted by Gasteiger charge is 2.16. The summed E-state index contributed by atoms with van der Waals surface area (Å²) in [5, 5.41) is 3.72. The van der Waals surface area contributed by atoms with Crippen LogP contribution in [-0.2, 0) is 26.4 Å². The van der Waals surface area contributed by atoms with E-state index in [1.165, 1.54) is 28.8 Å². The van der Waals surface area contributed by atoms with E-state index in [0.717, 1.165) is 31.3 Å². The minimum atomic E-state index is 0.559. The van der Waals surface area contributed by atoms with Crippen molar-refractivity contribution in [2.45, 2.75) is 38.3 Å². The summed E-state index contributed by atoms with van der Waals surface area (Å²) in [6.07, 6.45) is 8.33. The predicted octanol–water partition coefficient (Wildman–Crippen LogP) is 3.01. The fourth-order valence-electron chi connectivity index (χ4n) is 3.47. The van der Waals surface area contributed by atoms with E-state index in [-0.39, 0.29) is 0 Å². The van der Waals surface area contributed by atoms with Gasteiger partial charge in [0.25, 0.3) is 0 Å². The Morgan fingerprint density at radius 3 is 3.04 bits per heavy atom. The van der Waals surface area contributed by atoms with Crippen molar-refractivity contribution in [3.8, 4) is 0 Å². The van der Waals surface area contributed by atoms with Gasteiger partial charge in [-0.25, -0.2) is 4.98 Å². The Hall–Kier alpha value is -2.20.